The van der Waals surface area contributed by atoms with Crippen molar-refractivity contribution in [3.63, 3.8) is 0 Å². The van der Waals surface area contributed by atoms with Crippen molar-refractivity contribution in [2.24, 2.45) is 0 Å². The molecule has 18 heavy (non-hydrogen) atoms. The number of aromatic nitrogens is 4. The molecular formula is C13H9FN4. The lowest BCUT2D eigenvalue weighted by molar-refractivity contribution is 0.584. The fraction of sp³-hybridized carbons (Fsp3) is 0. The van der Waals surface area contributed by atoms with Crippen LogP contribution in [0.25, 0.3) is 22.5 Å². The maximum atomic E-state index is 13.1. The van der Waals surface area contributed by atoms with E-state index in [2.05, 4.69) is 20.4 Å². The third kappa shape index (κ3) is 1.86. The van der Waals surface area contributed by atoms with Gasteiger partial charge in [0.15, 0.2) is 0 Å². The van der Waals surface area contributed by atoms with Gasteiger partial charge in [0.2, 0.25) is 5.95 Å². The molecule has 2 aromatic heterocycles. The van der Waals surface area contributed by atoms with Crippen molar-refractivity contribution in [1.29, 1.82) is 0 Å². The molecule has 0 spiro atoms. The topological polar surface area (TPSA) is 54.5 Å². The van der Waals surface area contributed by atoms with E-state index in [0.717, 1.165) is 5.56 Å². The van der Waals surface area contributed by atoms with Crippen LogP contribution in [-0.2, 0) is 0 Å². The number of aromatic amines is 1. The smallest absolute Gasteiger partial charge is 0.213 e. The standard InChI is InChI=1S/C13H9FN4/c14-11-8-10(6-7-15-11)13-12(16-18-17-13)9-4-2-1-3-5-9/h1-8H,(H,16,17,18). The molecule has 0 aliphatic carbocycles. The van der Waals surface area contributed by atoms with E-state index in [1.807, 2.05) is 30.3 Å². The number of rotatable bonds is 2. The summed E-state index contributed by atoms with van der Waals surface area (Å²) in [5, 5.41) is 10.8. The van der Waals surface area contributed by atoms with Crippen molar-refractivity contribution < 1.29 is 4.39 Å². The van der Waals surface area contributed by atoms with E-state index in [9.17, 15) is 4.39 Å². The molecule has 4 nitrogen and oxygen atoms in total. The van der Waals surface area contributed by atoms with Crippen LogP contribution in [-0.4, -0.2) is 20.4 Å². The highest BCUT2D eigenvalue weighted by Gasteiger charge is 2.12. The lowest BCUT2D eigenvalue weighted by atomic mass is 10.1. The van der Waals surface area contributed by atoms with Crippen molar-refractivity contribution in [2.75, 3.05) is 0 Å². The second-order valence-electron chi connectivity index (χ2n) is 3.75. The predicted molar refractivity (Wildman–Crippen MR) is 65.0 cm³/mol. The van der Waals surface area contributed by atoms with E-state index >= 15 is 0 Å². The van der Waals surface area contributed by atoms with Crippen LogP contribution in [0.1, 0.15) is 0 Å². The van der Waals surface area contributed by atoms with Crippen LogP contribution in [0.3, 0.4) is 0 Å². The number of halogens is 1. The Kier molecular flexibility index (Phi) is 2.57. The first-order valence-electron chi connectivity index (χ1n) is 5.43. The van der Waals surface area contributed by atoms with Gasteiger partial charge in [-0.25, -0.2) is 4.98 Å². The number of hydrogen-bond acceptors (Lipinski definition) is 3. The zero-order valence-corrected chi connectivity index (χ0v) is 9.34. The molecule has 0 atom stereocenters. The molecule has 0 bridgehead atoms. The number of nitrogens with zero attached hydrogens (tertiary/aromatic N) is 3. The highest BCUT2D eigenvalue weighted by atomic mass is 19.1. The van der Waals surface area contributed by atoms with Gasteiger partial charge >= 0.3 is 0 Å². The van der Waals surface area contributed by atoms with Crippen molar-refractivity contribution in [1.82, 2.24) is 20.4 Å². The number of nitrogens with one attached hydrogen (secondary N) is 1. The van der Waals surface area contributed by atoms with E-state index in [-0.39, 0.29) is 0 Å². The first-order chi connectivity index (χ1) is 8.84. The molecule has 0 saturated carbocycles. The molecule has 0 aliphatic rings. The van der Waals surface area contributed by atoms with Crippen molar-refractivity contribution in [3.8, 4) is 22.5 Å². The summed E-state index contributed by atoms with van der Waals surface area (Å²) in [5.74, 6) is -0.533. The van der Waals surface area contributed by atoms with Gasteiger partial charge in [0, 0.05) is 23.4 Å². The molecule has 0 aliphatic heterocycles. The molecule has 88 valence electrons. The van der Waals surface area contributed by atoms with Gasteiger partial charge in [-0.3, -0.25) is 0 Å². The highest BCUT2D eigenvalue weighted by molar-refractivity contribution is 5.77. The zero-order chi connectivity index (χ0) is 12.4. The quantitative estimate of drug-likeness (QED) is 0.700. The zero-order valence-electron chi connectivity index (χ0n) is 9.34. The molecule has 0 saturated heterocycles. The van der Waals surface area contributed by atoms with Gasteiger partial charge in [0.1, 0.15) is 11.4 Å². The lowest BCUT2D eigenvalue weighted by Gasteiger charge is -2.00. The number of H-pyrrole nitrogens is 1. The number of benzene rings is 1. The minimum atomic E-state index is -0.533. The fourth-order valence-corrected chi connectivity index (χ4v) is 1.78. The van der Waals surface area contributed by atoms with Crippen molar-refractivity contribution in [2.45, 2.75) is 0 Å². The van der Waals surface area contributed by atoms with Crippen LogP contribution >= 0.6 is 0 Å². The van der Waals surface area contributed by atoms with Crippen LogP contribution in [0.4, 0.5) is 4.39 Å². The highest BCUT2D eigenvalue weighted by Crippen LogP contribution is 2.27. The van der Waals surface area contributed by atoms with E-state index < -0.39 is 5.95 Å². The van der Waals surface area contributed by atoms with Crippen molar-refractivity contribution in [3.05, 3.63) is 54.6 Å². The van der Waals surface area contributed by atoms with Crippen molar-refractivity contribution >= 4 is 0 Å². The lowest BCUT2D eigenvalue weighted by Crippen LogP contribution is -1.87. The molecule has 0 amide bonds. The van der Waals surface area contributed by atoms with Crippen LogP contribution in [0, 0.1) is 5.95 Å². The van der Waals surface area contributed by atoms with Gasteiger partial charge in [-0.1, -0.05) is 30.3 Å². The second-order valence-corrected chi connectivity index (χ2v) is 3.75. The van der Waals surface area contributed by atoms with Crippen LogP contribution < -0.4 is 0 Å². The Morgan fingerprint density at radius 3 is 2.33 bits per heavy atom. The summed E-state index contributed by atoms with van der Waals surface area (Å²) in [4.78, 5) is 3.53. The van der Waals surface area contributed by atoms with Crippen LogP contribution in [0.5, 0.6) is 0 Å². The van der Waals surface area contributed by atoms with Gasteiger partial charge in [0.25, 0.3) is 0 Å². The molecule has 0 unspecified atom stereocenters. The Labute approximate surface area is 103 Å². The molecule has 5 heteroatoms. The summed E-state index contributed by atoms with van der Waals surface area (Å²) < 4.78 is 13.1. The Balaban J connectivity index is 2.13. The van der Waals surface area contributed by atoms with Crippen LogP contribution in [0.2, 0.25) is 0 Å². The normalized spacial score (nSPS) is 10.5. The summed E-state index contributed by atoms with van der Waals surface area (Å²) in [6, 6.07) is 12.7. The monoisotopic (exact) mass is 240 g/mol. The maximum absolute atomic E-state index is 13.1. The Morgan fingerprint density at radius 1 is 0.889 bits per heavy atom. The summed E-state index contributed by atoms with van der Waals surface area (Å²) >= 11 is 0. The van der Waals surface area contributed by atoms with E-state index in [0.29, 0.717) is 17.0 Å². The summed E-state index contributed by atoms with van der Waals surface area (Å²) in [5.41, 5.74) is 2.89. The Bertz CT molecular complexity index is 664. The maximum Gasteiger partial charge on any atom is 0.213 e. The molecule has 0 fully saturated rings. The van der Waals surface area contributed by atoms with Crippen LogP contribution in [0.15, 0.2) is 48.7 Å². The SMILES string of the molecule is Fc1cc(-c2n[nH]nc2-c2ccccc2)ccn1. The summed E-state index contributed by atoms with van der Waals surface area (Å²) in [6.45, 7) is 0. The molecular weight excluding hydrogens is 231 g/mol. The molecule has 0 radical (unpaired) electrons. The van der Waals surface area contributed by atoms with Gasteiger partial charge in [-0.15, -0.1) is 0 Å². The molecule has 1 N–H and O–H groups in total. The van der Waals surface area contributed by atoms with E-state index in [1.165, 1.54) is 12.3 Å². The minimum absolute atomic E-state index is 0.533. The molecule has 3 aromatic rings. The first-order valence-corrected chi connectivity index (χ1v) is 5.43. The molecule has 3 rings (SSSR count). The number of pyridine rings is 1. The van der Waals surface area contributed by atoms with Gasteiger partial charge in [-0.05, 0) is 6.07 Å². The largest absolute Gasteiger partial charge is 0.228 e. The minimum Gasteiger partial charge on any atom is -0.228 e. The molecule has 2 heterocycles. The predicted octanol–water partition coefficient (Wildman–Crippen LogP) is 2.67. The Hall–Kier alpha value is -2.56. The summed E-state index contributed by atoms with van der Waals surface area (Å²) in [7, 11) is 0. The van der Waals surface area contributed by atoms with E-state index in [4.69, 9.17) is 0 Å². The third-order valence-corrected chi connectivity index (χ3v) is 2.60. The first kappa shape index (κ1) is 10.6. The van der Waals surface area contributed by atoms with Gasteiger partial charge < -0.3 is 0 Å². The van der Waals surface area contributed by atoms with Gasteiger partial charge in [-0.2, -0.15) is 19.8 Å². The van der Waals surface area contributed by atoms with E-state index in [1.54, 1.807) is 6.07 Å². The summed E-state index contributed by atoms with van der Waals surface area (Å²) in [6.07, 6.45) is 1.41. The third-order valence-electron chi connectivity index (χ3n) is 2.60. The average Bonchev–Trinajstić information content (AvgIpc) is 2.89. The van der Waals surface area contributed by atoms with Gasteiger partial charge in [0.05, 0.1) is 0 Å². The average molecular weight is 240 g/mol. The molecule has 1 aromatic carbocycles. The Morgan fingerprint density at radius 2 is 1.61 bits per heavy atom. The number of hydrogen-bond donors (Lipinski definition) is 1. The second kappa shape index (κ2) is 4.37. The fourth-order valence-electron chi connectivity index (χ4n) is 1.78.